The fourth-order valence-electron chi connectivity index (χ4n) is 11.7. The van der Waals surface area contributed by atoms with Crippen LogP contribution in [0.15, 0.2) is 30.9 Å². The Bertz CT molecular complexity index is 6000. The first-order valence-corrected chi connectivity index (χ1v) is 46.1. The molecule has 0 saturated carbocycles. The molecule has 60 heteroatoms. The Morgan fingerprint density at radius 3 is 1.08 bits per heavy atom. The van der Waals surface area contributed by atoms with Crippen molar-refractivity contribution >= 4 is 89.3 Å². The second-order valence-corrected chi connectivity index (χ2v) is 43.9. The van der Waals surface area contributed by atoms with Crippen molar-refractivity contribution in [3.05, 3.63) is 67.9 Å². The predicted molar refractivity (Wildman–Crippen MR) is 421 cm³/mol. The van der Waals surface area contributed by atoms with Crippen LogP contribution in [0.25, 0.3) is 0 Å². The van der Waals surface area contributed by atoms with E-state index in [2.05, 4.69) is 91.0 Å². The molecule has 0 bridgehead atoms. The molecular formula is C66H93F12N21O21S6. The van der Waals surface area contributed by atoms with Gasteiger partial charge in [0.05, 0.1) is 51.0 Å². The summed E-state index contributed by atoms with van der Waals surface area (Å²) in [5, 5.41) is 47.6. The fourth-order valence-corrected chi connectivity index (χ4v) is 20.7. The third-order valence-corrected chi connectivity index (χ3v) is 27.8. The highest BCUT2D eigenvalue weighted by molar-refractivity contribution is 8.08. The number of alkyl halides is 12. The van der Waals surface area contributed by atoms with Crippen molar-refractivity contribution in [1.29, 1.82) is 0 Å². The van der Waals surface area contributed by atoms with Crippen LogP contribution >= 0.6 is 0 Å². The van der Waals surface area contributed by atoms with E-state index in [1.807, 2.05) is 0 Å². The normalized spacial score (nSPS) is 19.5. The first-order chi connectivity index (χ1) is 57.2. The minimum Gasteiger partial charge on any atom is -0.417 e. The van der Waals surface area contributed by atoms with Gasteiger partial charge in [-0.2, -0.15) is 95.4 Å². The van der Waals surface area contributed by atoms with E-state index in [0.717, 1.165) is 28.1 Å². The van der Waals surface area contributed by atoms with Crippen molar-refractivity contribution in [3.8, 4) is 17.6 Å². The van der Waals surface area contributed by atoms with Gasteiger partial charge in [-0.1, -0.05) is 30.9 Å². The number of rotatable bonds is 18. The Labute approximate surface area is 714 Å². The van der Waals surface area contributed by atoms with Crippen molar-refractivity contribution < 1.29 is 146 Å². The molecule has 0 aromatic carbocycles. The summed E-state index contributed by atoms with van der Waals surface area (Å²) in [4.78, 5) is 33.1. The maximum atomic E-state index is 14.7. The van der Waals surface area contributed by atoms with Crippen LogP contribution in [-0.2, 0) is 153 Å². The molecule has 0 fully saturated rings. The van der Waals surface area contributed by atoms with Gasteiger partial charge >= 0.3 is 25.1 Å². The van der Waals surface area contributed by atoms with Gasteiger partial charge in [0.15, 0.2) is 43.7 Å². The number of halogens is 12. The zero-order valence-electron chi connectivity index (χ0n) is 71.9. The molecule has 0 radical (unpaired) electrons. The molecule has 12 rings (SSSR count). The highest BCUT2D eigenvalue weighted by Gasteiger charge is 2.58. The van der Waals surface area contributed by atoms with Gasteiger partial charge in [0.2, 0.25) is 82.4 Å². The predicted octanol–water partition coefficient (Wildman–Crippen LogP) is 8.31. The van der Waals surface area contributed by atoms with Crippen LogP contribution in [0.4, 0.5) is 52.7 Å². The molecule has 4 unspecified atom stereocenters. The number of nitrogens with zero attached hydrogens (tertiary/aromatic N) is 21. The van der Waals surface area contributed by atoms with E-state index in [9.17, 15) is 103 Å². The van der Waals surface area contributed by atoms with Crippen LogP contribution < -0.4 is 14.2 Å². The average molecular weight is 1940 g/mol. The minimum atomic E-state index is -5.32. The molecule has 4 atom stereocenters. The summed E-state index contributed by atoms with van der Waals surface area (Å²) in [5.41, 5.74) is -11.2. The van der Waals surface area contributed by atoms with E-state index in [1.54, 1.807) is 69.5 Å². The van der Waals surface area contributed by atoms with E-state index in [4.69, 9.17) is 29.0 Å². The number of aromatic nitrogens is 15. The van der Waals surface area contributed by atoms with Gasteiger partial charge in [0.25, 0.3) is 15.3 Å². The summed E-state index contributed by atoms with van der Waals surface area (Å²) in [6.07, 6.45) is -3.92. The molecule has 42 nitrogen and oxygen atoms in total. The lowest BCUT2D eigenvalue weighted by Gasteiger charge is -2.18. The number of hydrogen-bond acceptors (Lipinski definition) is 36. The van der Waals surface area contributed by atoms with Gasteiger partial charge in [-0.25, -0.2) is 82.1 Å². The molecule has 708 valence electrons. The van der Waals surface area contributed by atoms with Crippen LogP contribution in [0.5, 0.6) is 17.6 Å². The molecule has 0 aliphatic carbocycles. The number of sulfone groups is 6. The van der Waals surface area contributed by atoms with E-state index in [1.165, 1.54) is 93.0 Å². The largest absolute Gasteiger partial charge is 0.417 e. The lowest BCUT2D eigenvalue weighted by molar-refractivity contribution is -0.0586. The van der Waals surface area contributed by atoms with E-state index < -0.39 is 207 Å². The Morgan fingerprint density at radius 2 is 0.714 bits per heavy atom. The topological polar surface area (TPSA) is 508 Å². The molecule has 0 saturated heterocycles. The molecule has 6 aromatic rings. The molecule has 0 spiro atoms. The molecule has 6 aliphatic rings. The summed E-state index contributed by atoms with van der Waals surface area (Å²) in [7, 11) is -17.3. The van der Waals surface area contributed by atoms with Gasteiger partial charge in [-0.15, -0.1) is 0 Å². The average Bonchev–Trinajstić information content (AvgIpc) is 1.56. The molecule has 12 heterocycles. The van der Waals surface area contributed by atoms with Crippen molar-refractivity contribution in [1.82, 2.24) is 74.3 Å². The lowest BCUT2D eigenvalue weighted by atomic mass is 10.1. The lowest BCUT2D eigenvalue weighted by Crippen LogP contribution is -2.37. The monoisotopic (exact) mass is 1940 g/mol. The van der Waals surface area contributed by atoms with E-state index in [0.29, 0.717) is 21.8 Å². The zero-order chi connectivity index (χ0) is 96.1. The number of ether oxygens (including phenoxy) is 3. The summed E-state index contributed by atoms with van der Waals surface area (Å²) in [6, 6.07) is 0. The molecule has 0 N–H and O–H groups in total. The first kappa shape index (κ1) is 103. The third-order valence-electron chi connectivity index (χ3n) is 18.0. The standard InChI is InChI=1S/C12H15F4N3O4S.2C12H16F3N3O4S.2C10H15FN4O3S.C10H16N4O3S/c1-6-8(9(19(4)17-6)22-10(13)14)12(15,16)24(20,21)7-5-11(2,3)23-18-7;1-6-8(10(18(4)16-6)21-11(14)15)9(13)23(19,20)7-5-12(2,3)22-17-7;1-6-7(10(18(4)16-6)21-11(14)15)5-23(19,20)9-8(13)12(2,3)22-17-9;1-6-8(13-15(4)12-6)9(11)19(16,17)7-5-10(2,3)18-14-7;1-6-7(13-15(4)12-6)5-19(16,17)9-8(11)10(2,3)18-14-9;1-7-8(12-14(4)11-7)6-18(15,16)9-5-10(2,3)17-13-9/h10H,5H2,1-4H3;9,11H,5H2,1-4H3;8,11H,5H2,1-4H3;9H,5H2,1-4H3;8H,5H2,1-4H3;5-6H2,1-4H3. The van der Waals surface area contributed by atoms with Crippen molar-refractivity contribution in [3.63, 3.8) is 0 Å². The number of hydrogen-bond donors (Lipinski definition) is 0. The minimum absolute atomic E-state index is 0.0368. The Morgan fingerprint density at radius 1 is 0.381 bits per heavy atom. The van der Waals surface area contributed by atoms with Crippen molar-refractivity contribution in [2.24, 2.45) is 73.2 Å². The molecule has 6 aromatic heterocycles. The Kier molecular flexibility index (Phi) is 30.4. The second-order valence-electron chi connectivity index (χ2n) is 32.1. The van der Waals surface area contributed by atoms with Crippen LogP contribution in [0.3, 0.4) is 0 Å². The Hall–Kier alpha value is -9.87. The second kappa shape index (κ2) is 37.1. The Balaban J connectivity index is 0.000000208. The van der Waals surface area contributed by atoms with Gasteiger partial charge in [0, 0.05) is 68.0 Å². The van der Waals surface area contributed by atoms with Crippen LogP contribution in [-0.4, -0.2) is 221 Å². The number of oxime groups is 6. The highest BCUT2D eigenvalue weighted by atomic mass is 32.2. The van der Waals surface area contributed by atoms with Gasteiger partial charge < -0.3 is 43.2 Å². The van der Waals surface area contributed by atoms with Crippen LogP contribution in [0, 0.1) is 41.5 Å². The smallest absolute Gasteiger partial charge is 0.388 e. The SMILES string of the molecule is Cc1nn(C)c(OC(F)F)c1C(F)(F)S(=O)(=O)C1=NOC(C)(C)C1.Cc1nn(C)c(OC(F)F)c1C(F)S(=O)(=O)C1=NOC(C)(C)C1.Cc1nn(C)c(OC(F)F)c1CS(=O)(=O)C1=NOC(C)(C)C1F.Cc1nn(C)nc1C(F)S(=O)(=O)C1=NOC(C)(C)C1.Cc1nn(C)nc1CS(=O)(=O)C1=NOC(C)(C)C1.Cc1nn(C)nc1CS(=O)(=O)C1=NOC(C)(C)C1F. The van der Waals surface area contributed by atoms with Gasteiger partial charge in [-0.05, 0) is 125 Å². The van der Waals surface area contributed by atoms with Crippen LogP contribution in [0.2, 0.25) is 0 Å². The molecule has 126 heavy (non-hydrogen) atoms. The quantitative estimate of drug-likeness (QED) is 0.0729. The van der Waals surface area contributed by atoms with Crippen LogP contribution in [0.1, 0.15) is 188 Å². The zero-order valence-corrected chi connectivity index (χ0v) is 76.8. The summed E-state index contributed by atoms with van der Waals surface area (Å²) < 4.78 is 323. The molecule has 0 amide bonds. The van der Waals surface area contributed by atoms with Gasteiger partial charge in [0.1, 0.15) is 56.6 Å². The summed E-state index contributed by atoms with van der Waals surface area (Å²) in [5.74, 6) is -3.47. The molecular weight excluding hydrogens is 1840 g/mol. The number of aryl methyl sites for hydroxylation is 12. The van der Waals surface area contributed by atoms with Gasteiger partial charge in [-0.3, -0.25) is 0 Å². The van der Waals surface area contributed by atoms with Crippen molar-refractivity contribution in [2.45, 2.75) is 250 Å². The highest BCUT2D eigenvalue weighted by Crippen LogP contribution is 2.46. The molecule has 6 aliphatic heterocycles. The van der Waals surface area contributed by atoms with E-state index in [-0.39, 0.29) is 75.6 Å². The first-order valence-electron chi connectivity index (χ1n) is 36.6. The summed E-state index contributed by atoms with van der Waals surface area (Å²) in [6.45, 7) is 17.5. The van der Waals surface area contributed by atoms with E-state index >= 15 is 0 Å². The van der Waals surface area contributed by atoms with Crippen molar-refractivity contribution in [2.75, 3.05) is 0 Å². The third kappa shape index (κ3) is 23.7. The fraction of sp³-hybridized carbons (Fsp3) is 0.682. The summed E-state index contributed by atoms with van der Waals surface area (Å²) >= 11 is 0. The maximum absolute atomic E-state index is 14.7. The maximum Gasteiger partial charge on any atom is 0.388 e.